The molecule has 1 aromatic rings. The zero-order valence-corrected chi connectivity index (χ0v) is 25.2. The lowest BCUT2D eigenvalue weighted by atomic mass is 10.1. The van der Waals surface area contributed by atoms with Crippen molar-refractivity contribution in [1.29, 1.82) is 0 Å². The summed E-state index contributed by atoms with van der Waals surface area (Å²) in [5.74, 6) is 0.797. The summed E-state index contributed by atoms with van der Waals surface area (Å²) >= 11 is 0. The maximum atomic E-state index is 12.6. The molecule has 0 heterocycles. The Balaban J connectivity index is 2.46. The number of carbonyl (C=O) groups excluding carboxylic acids is 3. The molecule has 0 unspecified atom stereocenters. The molecule has 3 amide bonds. The third-order valence-corrected chi connectivity index (χ3v) is 5.13. The van der Waals surface area contributed by atoms with Gasteiger partial charge in [-0.25, -0.2) is 9.59 Å². The van der Waals surface area contributed by atoms with Crippen LogP contribution >= 0.6 is 0 Å². The highest BCUT2D eigenvalue weighted by molar-refractivity contribution is 5.97. The van der Waals surface area contributed by atoms with E-state index in [1.807, 2.05) is 41.5 Å². The number of carbonyl (C=O) groups is 3. The molecule has 1 rings (SSSR count). The molecular weight excluding hydrogens is 516 g/mol. The number of unbranched alkanes of at least 4 members (excludes halogenated alkanes) is 4. The Labute approximate surface area is 239 Å². The number of nitrogens with two attached hydrogens (primary N) is 1. The van der Waals surface area contributed by atoms with Crippen LogP contribution < -0.4 is 31.2 Å². The molecule has 0 spiro atoms. The lowest BCUT2D eigenvalue weighted by molar-refractivity contribution is 0.0515. The Morgan fingerprint density at radius 3 is 1.73 bits per heavy atom. The SMILES string of the molecule is CC(C)(C)OC(=O)NCCCCCOc1ccc(C(=O)NCCN)c(OCCCCCNC(=O)OC(C)(C)C)c1. The van der Waals surface area contributed by atoms with Crippen molar-refractivity contribution in [3.8, 4) is 11.5 Å². The smallest absolute Gasteiger partial charge is 0.407 e. The van der Waals surface area contributed by atoms with Gasteiger partial charge in [0.05, 0.1) is 18.8 Å². The molecule has 228 valence electrons. The maximum Gasteiger partial charge on any atom is 0.407 e. The number of hydrogen-bond acceptors (Lipinski definition) is 8. The summed E-state index contributed by atoms with van der Waals surface area (Å²) in [4.78, 5) is 36.0. The first-order valence-corrected chi connectivity index (χ1v) is 14.1. The van der Waals surface area contributed by atoms with Gasteiger partial charge in [0.15, 0.2) is 0 Å². The third-order valence-electron chi connectivity index (χ3n) is 5.13. The van der Waals surface area contributed by atoms with Gasteiger partial charge in [-0.1, -0.05) is 0 Å². The fourth-order valence-electron chi connectivity index (χ4n) is 3.37. The van der Waals surface area contributed by atoms with E-state index < -0.39 is 23.4 Å². The van der Waals surface area contributed by atoms with Crippen molar-refractivity contribution in [2.75, 3.05) is 39.4 Å². The van der Waals surface area contributed by atoms with Crippen molar-refractivity contribution in [2.24, 2.45) is 5.73 Å². The van der Waals surface area contributed by atoms with E-state index in [2.05, 4.69) is 16.0 Å². The molecule has 1 aromatic carbocycles. The summed E-state index contributed by atoms with van der Waals surface area (Å²) in [6, 6.07) is 5.16. The standard InChI is InChI=1S/C29H50N4O7/c1-28(2,3)39-26(35)32-16-9-7-11-19-37-22-13-14-23(25(34)31-18-15-30)24(21-22)38-20-12-8-10-17-33-27(36)40-29(4,5)6/h13-14,21H,7-12,15-20,30H2,1-6H3,(H,31,34)(H,32,35)(H,33,36). The summed E-state index contributed by atoms with van der Waals surface area (Å²) in [6.07, 6.45) is 4.03. The van der Waals surface area contributed by atoms with E-state index >= 15 is 0 Å². The molecule has 5 N–H and O–H groups in total. The first kappa shape index (κ1) is 34.8. The molecule has 0 aliphatic rings. The first-order valence-electron chi connectivity index (χ1n) is 14.1. The van der Waals surface area contributed by atoms with Crippen molar-refractivity contribution in [2.45, 2.75) is 91.3 Å². The number of benzene rings is 1. The highest BCUT2D eigenvalue weighted by Gasteiger charge is 2.17. The average Bonchev–Trinajstić information content (AvgIpc) is 2.84. The molecule has 11 heteroatoms. The number of amides is 3. The van der Waals surface area contributed by atoms with Gasteiger partial charge < -0.3 is 40.6 Å². The summed E-state index contributed by atoms with van der Waals surface area (Å²) in [5, 5.41) is 8.26. The van der Waals surface area contributed by atoms with Crippen molar-refractivity contribution in [3.05, 3.63) is 23.8 Å². The number of ether oxygens (including phenoxy) is 4. The Morgan fingerprint density at radius 1 is 0.700 bits per heavy atom. The molecule has 11 nitrogen and oxygen atoms in total. The maximum absolute atomic E-state index is 12.6. The van der Waals surface area contributed by atoms with Crippen LogP contribution in [-0.2, 0) is 9.47 Å². The summed E-state index contributed by atoms with van der Waals surface area (Å²) in [5.41, 5.74) is 4.90. The predicted octanol–water partition coefficient (Wildman–Crippen LogP) is 4.52. The second-order valence-electron chi connectivity index (χ2n) is 11.4. The molecule has 0 fully saturated rings. The topological polar surface area (TPSA) is 150 Å². The molecule has 0 saturated carbocycles. The Bertz CT molecular complexity index is 911. The minimum Gasteiger partial charge on any atom is -0.493 e. The molecule has 0 saturated heterocycles. The van der Waals surface area contributed by atoms with Crippen molar-refractivity contribution >= 4 is 18.1 Å². The Kier molecular flexibility index (Phi) is 15.8. The van der Waals surface area contributed by atoms with E-state index in [4.69, 9.17) is 24.7 Å². The van der Waals surface area contributed by atoms with Gasteiger partial charge in [-0.05, 0) is 92.2 Å². The second kappa shape index (κ2) is 18.2. The normalized spacial score (nSPS) is 11.4. The van der Waals surface area contributed by atoms with Gasteiger partial charge >= 0.3 is 12.2 Å². The highest BCUT2D eigenvalue weighted by atomic mass is 16.6. The second-order valence-corrected chi connectivity index (χ2v) is 11.4. The van der Waals surface area contributed by atoms with Gasteiger partial charge in [-0.3, -0.25) is 4.79 Å². The van der Waals surface area contributed by atoms with Crippen LogP contribution in [0.15, 0.2) is 18.2 Å². The highest BCUT2D eigenvalue weighted by Crippen LogP contribution is 2.26. The lowest BCUT2D eigenvalue weighted by Crippen LogP contribution is -2.33. The summed E-state index contributed by atoms with van der Waals surface area (Å²) in [7, 11) is 0. The largest absolute Gasteiger partial charge is 0.493 e. The van der Waals surface area contributed by atoms with Gasteiger partial charge in [-0.15, -0.1) is 0 Å². The van der Waals surface area contributed by atoms with Gasteiger partial charge in [0.25, 0.3) is 5.91 Å². The molecule has 0 atom stereocenters. The van der Waals surface area contributed by atoms with Crippen molar-refractivity contribution in [1.82, 2.24) is 16.0 Å². The number of alkyl carbamates (subject to hydrolysis) is 2. The van der Waals surface area contributed by atoms with Crippen LogP contribution in [0.2, 0.25) is 0 Å². The zero-order chi connectivity index (χ0) is 30.0. The number of nitrogens with one attached hydrogen (secondary N) is 3. The quantitative estimate of drug-likeness (QED) is 0.201. The molecule has 0 aliphatic carbocycles. The third kappa shape index (κ3) is 17.4. The summed E-state index contributed by atoms with van der Waals surface area (Å²) < 4.78 is 22.3. The molecule has 0 aliphatic heterocycles. The lowest BCUT2D eigenvalue weighted by Gasteiger charge is -2.19. The van der Waals surface area contributed by atoms with Gasteiger partial charge in [0.1, 0.15) is 22.7 Å². The predicted molar refractivity (Wildman–Crippen MR) is 155 cm³/mol. The molecule has 0 bridgehead atoms. The fourth-order valence-corrected chi connectivity index (χ4v) is 3.37. The van der Waals surface area contributed by atoms with Crippen LogP contribution in [-0.4, -0.2) is 68.7 Å². The van der Waals surface area contributed by atoms with Crippen LogP contribution in [0.5, 0.6) is 11.5 Å². The van der Waals surface area contributed by atoms with Crippen LogP contribution in [0.4, 0.5) is 9.59 Å². The minimum atomic E-state index is -0.523. The van der Waals surface area contributed by atoms with E-state index in [0.29, 0.717) is 56.5 Å². The number of rotatable bonds is 17. The summed E-state index contributed by atoms with van der Waals surface area (Å²) in [6.45, 7) is 13.6. The molecule has 0 aromatic heterocycles. The van der Waals surface area contributed by atoms with Crippen molar-refractivity contribution in [3.63, 3.8) is 0 Å². The molecule has 40 heavy (non-hydrogen) atoms. The minimum absolute atomic E-state index is 0.258. The Hall–Kier alpha value is -3.21. The monoisotopic (exact) mass is 566 g/mol. The van der Waals surface area contributed by atoms with E-state index in [1.54, 1.807) is 18.2 Å². The van der Waals surface area contributed by atoms with Crippen molar-refractivity contribution < 1.29 is 33.3 Å². The van der Waals surface area contributed by atoms with Crippen LogP contribution in [0.1, 0.15) is 90.4 Å². The fraction of sp³-hybridized carbons (Fsp3) is 0.690. The van der Waals surface area contributed by atoms with E-state index in [1.165, 1.54) is 0 Å². The molecule has 0 radical (unpaired) electrons. The van der Waals surface area contributed by atoms with Crippen LogP contribution in [0, 0.1) is 0 Å². The average molecular weight is 567 g/mol. The van der Waals surface area contributed by atoms with Gasteiger partial charge in [0.2, 0.25) is 0 Å². The molecular formula is C29H50N4O7. The van der Waals surface area contributed by atoms with Gasteiger partial charge in [-0.2, -0.15) is 0 Å². The Morgan fingerprint density at radius 2 is 1.23 bits per heavy atom. The van der Waals surface area contributed by atoms with E-state index in [-0.39, 0.29) is 5.91 Å². The van der Waals surface area contributed by atoms with Gasteiger partial charge in [0, 0.05) is 32.2 Å². The number of hydrogen-bond donors (Lipinski definition) is 4. The van der Waals surface area contributed by atoms with E-state index in [0.717, 1.165) is 38.5 Å². The van der Waals surface area contributed by atoms with Crippen LogP contribution in [0.25, 0.3) is 0 Å². The first-order chi connectivity index (χ1) is 18.8. The van der Waals surface area contributed by atoms with Crippen LogP contribution in [0.3, 0.4) is 0 Å². The van der Waals surface area contributed by atoms with E-state index in [9.17, 15) is 14.4 Å². The zero-order valence-electron chi connectivity index (χ0n) is 25.2.